The highest BCUT2D eigenvalue weighted by Gasteiger charge is 2.08. The van der Waals surface area contributed by atoms with Crippen LogP contribution in [-0.4, -0.2) is 21.0 Å². The Balaban J connectivity index is 1.90. The molecule has 0 aliphatic carbocycles. The van der Waals surface area contributed by atoms with Crippen LogP contribution in [0.1, 0.15) is 19.7 Å². The van der Waals surface area contributed by atoms with Gasteiger partial charge in [-0.2, -0.15) is 0 Å². The van der Waals surface area contributed by atoms with Crippen molar-refractivity contribution in [3.63, 3.8) is 0 Å². The Bertz CT molecular complexity index is 678. The zero-order valence-corrected chi connectivity index (χ0v) is 11.2. The monoisotopic (exact) mass is 254 g/mol. The fourth-order valence-corrected chi connectivity index (χ4v) is 2.18. The number of hydrogen-bond acceptors (Lipinski definition) is 2. The van der Waals surface area contributed by atoms with Gasteiger partial charge in [-0.1, -0.05) is 32.0 Å². The van der Waals surface area contributed by atoms with Crippen molar-refractivity contribution in [2.75, 3.05) is 0 Å². The lowest BCUT2D eigenvalue weighted by Crippen LogP contribution is -2.22. The summed E-state index contributed by atoms with van der Waals surface area (Å²) in [5, 5.41) is 4.57. The van der Waals surface area contributed by atoms with Crippen molar-refractivity contribution in [2.45, 2.75) is 26.4 Å². The van der Waals surface area contributed by atoms with E-state index < -0.39 is 0 Å². The summed E-state index contributed by atoms with van der Waals surface area (Å²) in [6.45, 7) is 5.02. The Kier molecular flexibility index (Phi) is 3.09. The molecule has 1 aromatic carbocycles. The van der Waals surface area contributed by atoms with Crippen molar-refractivity contribution in [1.29, 1.82) is 0 Å². The molecular weight excluding hydrogens is 236 g/mol. The number of fused-ring (bicyclic) bond motifs is 1. The summed E-state index contributed by atoms with van der Waals surface area (Å²) in [5.74, 6) is 0.967. The van der Waals surface area contributed by atoms with Crippen LogP contribution >= 0.6 is 0 Å². The maximum atomic E-state index is 4.42. The van der Waals surface area contributed by atoms with Crippen molar-refractivity contribution in [2.24, 2.45) is 0 Å². The summed E-state index contributed by atoms with van der Waals surface area (Å²) in [7, 11) is 0. The van der Waals surface area contributed by atoms with Crippen molar-refractivity contribution >= 4 is 10.9 Å². The fraction of sp³-hybridized carbons (Fsp3) is 0.267. The van der Waals surface area contributed by atoms with Gasteiger partial charge in [0.1, 0.15) is 5.82 Å². The number of para-hydroxylation sites is 1. The minimum absolute atomic E-state index is 0.460. The van der Waals surface area contributed by atoms with Gasteiger partial charge in [-0.3, -0.25) is 0 Å². The summed E-state index contributed by atoms with van der Waals surface area (Å²) >= 11 is 0. The molecule has 3 N–H and O–H groups in total. The normalized spacial score (nSPS) is 11.5. The lowest BCUT2D eigenvalue weighted by atomic mass is 10.1. The average molecular weight is 254 g/mol. The second-order valence-corrected chi connectivity index (χ2v) is 5.03. The lowest BCUT2D eigenvalue weighted by Gasteiger charge is -2.04. The number of nitrogens with one attached hydrogen (secondary N) is 3. The molecule has 0 saturated carbocycles. The number of H-pyrrole nitrogens is 2. The van der Waals surface area contributed by atoms with E-state index in [0.717, 1.165) is 23.6 Å². The minimum atomic E-state index is 0.460. The van der Waals surface area contributed by atoms with Gasteiger partial charge in [0.25, 0.3) is 0 Å². The number of rotatable bonds is 4. The van der Waals surface area contributed by atoms with Gasteiger partial charge < -0.3 is 15.3 Å². The van der Waals surface area contributed by atoms with E-state index in [0.29, 0.717) is 6.04 Å². The van der Waals surface area contributed by atoms with E-state index in [1.807, 2.05) is 18.5 Å². The predicted molar refractivity (Wildman–Crippen MR) is 77.9 cm³/mol. The summed E-state index contributed by atoms with van der Waals surface area (Å²) in [6.07, 6.45) is 3.92. The van der Waals surface area contributed by atoms with E-state index in [1.165, 1.54) is 10.9 Å². The number of hydrogen-bond donors (Lipinski definition) is 3. The maximum Gasteiger partial charge on any atom is 0.120 e. The smallest absolute Gasteiger partial charge is 0.120 e. The lowest BCUT2D eigenvalue weighted by molar-refractivity contribution is 0.575. The van der Waals surface area contributed by atoms with Gasteiger partial charge in [0.2, 0.25) is 0 Å². The molecule has 3 aromatic rings. The Morgan fingerprint density at radius 2 is 2.11 bits per heavy atom. The van der Waals surface area contributed by atoms with Crippen LogP contribution in [0.4, 0.5) is 0 Å². The highest BCUT2D eigenvalue weighted by molar-refractivity contribution is 5.94. The zero-order valence-electron chi connectivity index (χ0n) is 11.2. The van der Waals surface area contributed by atoms with Crippen molar-refractivity contribution in [3.8, 4) is 11.3 Å². The summed E-state index contributed by atoms with van der Waals surface area (Å²) in [4.78, 5) is 11.1. The molecule has 2 heterocycles. The Morgan fingerprint density at radius 3 is 2.95 bits per heavy atom. The molecule has 2 aromatic heterocycles. The number of nitrogens with zero attached hydrogens (tertiary/aromatic N) is 1. The summed E-state index contributed by atoms with van der Waals surface area (Å²) < 4.78 is 0. The van der Waals surface area contributed by atoms with Crippen LogP contribution in [-0.2, 0) is 6.54 Å². The highest BCUT2D eigenvalue weighted by atomic mass is 15.0. The van der Waals surface area contributed by atoms with Crippen molar-refractivity contribution in [1.82, 2.24) is 20.3 Å². The second-order valence-electron chi connectivity index (χ2n) is 5.03. The second kappa shape index (κ2) is 4.90. The van der Waals surface area contributed by atoms with Crippen LogP contribution < -0.4 is 5.32 Å². The maximum absolute atomic E-state index is 4.42. The molecule has 19 heavy (non-hydrogen) atoms. The molecule has 3 rings (SSSR count). The Labute approximate surface area is 112 Å². The zero-order chi connectivity index (χ0) is 13.2. The molecule has 0 radical (unpaired) electrons. The number of aromatic nitrogens is 3. The molecule has 4 heteroatoms. The Morgan fingerprint density at radius 1 is 1.26 bits per heavy atom. The van der Waals surface area contributed by atoms with Crippen LogP contribution in [0.5, 0.6) is 0 Å². The standard InChI is InChI=1S/C15H18N4/c1-10(2)16-9-15-18-8-14(19-15)12-7-17-13-6-4-3-5-11(12)13/h3-8,10,16-17H,9H2,1-2H3,(H,18,19). The molecule has 4 nitrogen and oxygen atoms in total. The molecule has 0 unspecified atom stereocenters. The summed E-state index contributed by atoms with van der Waals surface area (Å²) in [6, 6.07) is 8.75. The minimum Gasteiger partial charge on any atom is -0.360 e. The Hall–Kier alpha value is -2.07. The van der Waals surface area contributed by atoms with E-state index in [1.54, 1.807) is 0 Å². The van der Waals surface area contributed by atoms with Gasteiger partial charge in [0, 0.05) is 28.7 Å². The summed E-state index contributed by atoms with van der Waals surface area (Å²) in [5.41, 5.74) is 3.37. The van der Waals surface area contributed by atoms with E-state index in [2.05, 4.69) is 52.3 Å². The van der Waals surface area contributed by atoms with E-state index >= 15 is 0 Å². The molecule has 0 fully saturated rings. The van der Waals surface area contributed by atoms with Crippen LogP contribution in [0.3, 0.4) is 0 Å². The first-order valence-corrected chi connectivity index (χ1v) is 6.58. The third-order valence-electron chi connectivity index (χ3n) is 3.19. The first-order chi connectivity index (χ1) is 9.24. The third kappa shape index (κ3) is 2.39. The highest BCUT2D eigenvalue weighted by Crippen LogP contribution is 2.26. The van der Waals surface area contributed by atoms with Crippen LogP contribution in [0, 0.1) is 0 Å². The molecule has 0 aliphatic rings. The first-order valence-electron chi connectivity index (χ1n) is 6.58. The number of benzene rings is 1. The molecule has 0 amide bonds. The van der Waals surface area contributed by atoms with Gasteiger partial charge in [-0.05, 0) is 6.07 Å². The SMILES string of the molecule is CC(C)NCc1ncc(-c2c[nH]c3ccccc23)[nH]1. The van der Waals surface area contributed by atoms with Gasteiger partial charge >= 0.3 is 0 Å². The fourth-order valence-electron chi connectivity index (χ4n) is 2.18. The number of aromatic amines is 2. The quantitative estimate of drug-likeness (QED) is 0.670. The molecule has 0 bridgehead atoms. The predicted octanol–water partition coefficient (Wildman–Crippen LogP) is 3.06. The van der Waals surface area contributed by atoms with Gasteiger partial charge in [-0.15, -0.1) is 0 Å². The molecule has 98 valence electrons. The first kappa shape index (κ1) is 12.0. The van der Waals surface area contributed by atoms with Crippen LogP contribution in [0.25, 0.3) is 22.2 Å². The average Bonchev–Trinajstić information content (AvgIpc) is 3.02. The molecule has 0 spiro atoms. The van der Waals surface area contributed by atoms with E-state index in [-0.39, 0.29) is 0 Å². The number of imidazole rings is 1. The van der Waals surface area contributed by atoms with Gasteiger partial charge in [0.05, 0.1) is 18.4 Å². The van der Waals surface area contributed by atoms with Crippen molar-refractivity contribution < 1.29 is 0 Å². The van der Waals surface area contributed by atoms with Crippen molar-refractivity contribution in [3.05, 3.63) is 42.5 Å². The molecule has 0 aliphatic heterocycles. The largest absolute Gasteiger partial charge is 0.360 e. The van der Waals surface area contributed by atoms with E-state index in [9.17, 15) is 0 Å². The molecule has 0 atom stereocenters. The van der Waals surface area contributed by atoms with Gasteiger partial charge in [0.15, 0.2) is 0 Å². The third-order valence-corrected chi connectivity index (χ3v) is 3.19. The van der Waals surface area contributed by atoms with Crippen LogP contribution in [0.2, 0.25) is 0 Å². The molecular formula is C15H18N4. The van der Waals surface area contributed by atoms with Crippen LogP contribution in [0.15, 0.2) is 36.7 Å². The topological polar surface area (TPSA) is 56.5 Å². The van der Waals surface area contributed by atoms with E-state index in [4.69, 9.17) is 0 Å². The van der Waals surface area contributed by atoms with Gasteiger partial charge in [-0.25, -0.2) is 4.98 Å². The molecule has 0 saturated heterocycles.